The number of H-pyrrole nitrogens is 1. The van der Waals surface area contributed by atoms with Crippen LogP contribution in [-0.4, -0.2) is 40.5 Å². The Morgan fingerprint density at radius 2 is 1.89 bits per heavy atom. The molecule has 4 rings (SSSR count). The average molecular weight is 494 g/mol. The predicted octanol–water partition coefficient (Wildman–Crippen LogP) is 3.00. The van der Waals surface area contributed by atoms with Gasteiger partial charge in [-0.3, -0.25) is 24.0 Å². The fourth-order valence-corrected chi connectivity index (χ4v) is 4.48. The third kappa shape index (κ3) is 5.79. The van der Waals surface area contributed by atoms with E-state index in [0.29, 0.717) is 18.4 Å². The molecule has 0 saturated heterocycles. The lowest BCUT2D eigenvalue weighted by Gasteiger charge is -2.28. The predicted molar refractivity (Wildman–Crippen MR) is 140 cm³/mol. The lowest BCUT2D eigenvalue weighted by atomic mass is 10.2. The lowest BCUT2D eigenvalue weighted by molar-refractivity contribution is -0.119. The van der Waals surface area contributed by atoms with E-state index in [2.05, 4.69) is 11.9 Å². The maximum absolute atomic E-state index is 13.5. The maximum Gasteiger partial charge on any atom is 0.330 e. The van der Waals surface area contributed by atoms with E-state index in [-0.39, 0.29) is 43.0 Å². The van der Waals surface area contributed by atoms with Gasteiger partial charge in [-0.1, -0.05) is 51.1 Å². The summed E-state index contributed by atoms with van der Waals surface area (Å²) in [4.78, 5) is 44.5. The molecule has 9 heteroatoms. The molecule has 3 N–H and O–H groups in total. The van der Waals surface area contributed by atoms with Gasteiger partial charge in [-0.15, -0.1) is 0 Å². The molecule has 2 atom stereocenters. The molecule has 0 aliphatic heterocycles. The van der Waals surface area contributed by atoms with Crippen LogP contribution in [0.3, 0.4) is 0 Å². The van der Waals surface area contributed by atoms with Crippen molar-refractivity contribution in [1.82, 2.24) is 14.5 Å². The molecule has 192 valence electrons. The summed E-state index contributed by atoms with van der Waals surface area (Å²) < 4.78 is 7.28. The first-order chi connectivity index (χ1) is 17.1. The fourth-order valence-electron chi connectivity index (χ4n) is 4.48. The number of furan rings is 1. The molecule has 3 aromatic rings. The Labute approximate surface area is 210 Å². The highest BCUT2D eigenvalue weighted by atomic mass is 16.3. The number of aromatic amines is 1. The summed E-state index contributed by atoms with van der Waals surface area (Å²) in [5.41, 5.74) is 5.94. The van der Waals surface area contributed by atoms with Crippen LogP contribution in [0.25, 0.3) is 0 Å². The Bertz CT molecular complexity index is 1320. The van der Waals surface area contributed by atoms with E-state index in [1.165, 1.54) is 9.47 Å². The van der Waals surface area contributed by atoms with E-state index in [4.69, 9.17) is 10.2 Å². The van der Waals surface area contributed by atoms with Crippen molar-refractivity contribution in [3.63, 3.8) is 0 Å². The summed E-state index contributed by atoms with van der Waals surface area (Å²) in [7, 11) is 1.83. The van der Waals surface area contributed by atoms with Crippen LogP contribution in [-0.2, 0) is 17.9 Å². The number of likely N-dealkylation sites (N-methyl/N-ethyl adjacent to an activating group) is 1. The van der Waals surface area contributed by atoms with Gasteiger partial charge in [0.1, 0.15) is 17.3 Å². The summed E-state index contributed by atoms with van der Waals surface area (Å²) >= 11 is 0. The Hall–Kier alpha value is -3.59. The van der Waals surface area contributed by atoms with Crippen LogP contribution < -0.4 is 21.9 Å². The SMILES string of the molecule is CC(C)CN(C(=O)CN(C)Cc1ccc(C2CC2C)o1)c1c(N)n(Cc2ccccc2)c(=O)[nH]c1=O. The number of nitrogens with zero attached hydrogens (tertiary/aromatic N) is 3. The smallest absolute Gasteiger partial charge is 0.330 e. The zero-order chi connectivity index (χ0) is 26.0. The average Bonchev–Trinajstić information content (AvgIpc) is 3.36. The normalized spacial score (nSPS) is 17.1. The van der Waals surface area contributed by atoms with Gasteiger partial charge in [0.25, 0.3) is 5.56 Å². The zero-order valence-electron chi connectivity index (χ0n) is 21.4. The van der Waals surface area contributed by atoms with Crippen molar-refractivity contribution >= 4 is 17.4 Å². The number of carbonyl (C=O) groups is 1. The highest BCUT2D eigenvalue weighted by Crippen LogP contribution is 2.47. The molecule has 2 aromatic heterocycles. The van der Waals surface area contributed by atoms with E-state index >= 15 is 0 Å². The minimum Gasteiger partial charge on any atom is -0.464 e. The van der Waals surface area contributed by atoms with Crippen LogP contribution >= 0.6 is 0 Å². The summed E-state index contributed by atoms with van der Waals surface area (Å²) in [6, 6.07) is 13.3. The van der Waals surface area contributed by atoms with E-state index in [0.717, 1.165) is 23.5 Å². The van der Waals surface area contributed by atoms with Crippen LogP contribution in [0, 0.1) is 11.8 Å². The zero-order valence-corrected chi connectivity index (χ0v) is 21.4. The number of rotatable bonds is 10. The summed E-state index contributed by atoms with van der Waals surface area (Å²) in [5.74, 6) is 2.70. The molecular weight excluding hydrogens is 458 g/mol. The van der Waals surface area contributed by atoms with Crippen molar-refractivity contribution in [1.29, 1.82) is 0 Å². The number of benzene rings is 1. The van der Waals surface area contributed by atoms with Crippen LogP contribution in [0.5, 0.6) is 0 Å². The Balaban J connectivity index is 1.56. The molecule has 2 unspecified atom stereocenters. The van der Waals surface area contributed by atoms with Gasteiger partial charge in [0.15, 0.2) is 5.69 Å². The highest BCUT2D eigenvalue weighted by molar-refractivity contribution is 5.96. The van der Waals surface area contributed by atoms with E-state index in [1.807, 2.05) is 68.3 Å². The minimum atomic E-state index is -0.673. The molecule has 1 amide bonds. The van der Waals surface area contributed by atoms with E-state index < -0.39 is 11.2 Å². The molecule has 2 heterocycles. The van der Waals surface area contributed by atoms with Crippen molar-refractivity contribution in [3.05, 3.63) is 80.4 Å². The molecule has 1 aliphatic rings. The van der Waals surface area contributed by atoms with Crippen LogP contribution in [0.1, 0.15) is 50.2 Å². The monoisotopic (exact) mass is 493 g/mol. The number of amides is 1. The second kappa shape index (κ2) is 10.6. The van der Waals surface area contributed by atoms with Crippen molar-refractivity contribution in [2.45, 2.75) is 46.2 Å². The number of hydrogen-bond acceptors (Lipinski definition) is 6. The summed E-state index contributed by atoms with van der Waals surface area (Å²) in [6.45, 7) is 7.10. The van der Waals surface area contributed by atoms with Gasteiger partial charge >= 0.3 is 5.69 Å². The molecule has 9 nitrogen and oxygen atoms in total. The van der Waals surface area contributed by atoms with Gasteiger partial charge in [-0.05, 0) is 43.0 Å². The van der Waals surface area contributed by atoms with Gasteiger partial charge in [0, 0.05) is 12.5 Å². The van der Waals surface area contributed by atoms with Gasteiger partial charge in [-0.25, -0.2) is 4.79 Å². The van der Waals surface area contributed by atoms with Crippen molar-refractivity contribution in [2.24, 2.45) is 11.8 Å². The molecule has 1 aromatic carbocycles. The first-order valence-electron chi connectivity index (χ1n) is 12.4. The van der Waals surface area contributed by atoms with Crippen molar-refractivity contribution < 1.29 is 9.21 Å². The molecule has 0 bridgehead atoms. The topological polar surface area (TPSA) is 118 Å². The van der Waals surface area contributed by atoms with Crippen LogP contribution in [0.15, 0.2) is 56.5 Å². The van der Waals surface area contributed by atoms with E-state index in [1.54, 1.807) is 0 Å². The molecule has 1 fully saturated rings. The number of nitrogens with two attached hydrogens (primary N) is 1. The maximum atomic E-state index is 13.5. The van der Waals surface area contributed by atoms with Crippen molar-refractivity contribution in [2.75, 3.05) is 30.8 Å². The second-order valence-corrected chi connectivity index (χ2v) is 10.3. The molecule has 0 spiro atoms. The van der Waals surface area contributed by atoms with Crippen LogP contribution in [0.2, 0.25) is 0 Å². The quantitative estimate of drug-likeness (QED) is 0.448. The molecular formula is C27H35N5O4. The summed E-state index contributed by atoms with van der Waals surface area (Å²) in [6.07, 6.45) is 1.15. The first-order valence-corrected chi connectivity index (χ1v) is 12.4. The minimum absolute atomic E-state index is 0.000590. The van der Waals surface area contributed by atoms with Crippen LogP contribution in [0.4, 0.5) is 11.5 Å². The third-order valence-corrected chi connectivity index (χ3v) is 6.50. The Morgan fingerprint density at radius 1 is 1.19 bits per heavy atom. The van der Waals surface area contributed by atoms with E-state index in [9.17, 15) is 14.4 Å². The largest absolute Gasteiger partial charge is 0.464 e. The second-order valence-electron chi connectivity index (χ2n) is 10.3. The van der Waals surface area contributed by atoms with Gasteiger partial charge in [0.05, 0.1) is 19.6 Å². The molecule has 36 heavy (non-hydrogen) atoms. The molecule has 1 aliphatic carbocycles. The number of aromatic nitrogens is 2. The van der Waals surface area contributed by atoms with Gasteiger partial charge in [-0.2, -0.15) is 0 Å². The number of nitrogen functional groups attached to an aromatic ring is 1. The third-order valence-electron chi connectivity index (χ3n) is 6.50. The van der Waals surface area contributed by atoms with Gasteiger partial charge in [0.2, 0.25) is 5.91 Å². The van der Waals surface area contributed by atoms with Crippen molar-refractivity contribution in [3.8, 4) is 0 Å². The number of carbonyl (C=O) groups excluding carboxylic acids is 1. The fraction of sp³-hybridized carbons (Fsp3) is 0.444. The Morgan fingerprint density at radius 3 is 2.53 bits per heavy atom. The number of anilines is 2. The number of hydrogen-bond donors (Lipinski definition) is 2. The first kappa shape index (κ1) is 25.5. The van der Waals surface area contributed by atoms with Gasteiger partial charge < -0.3 is 15.1 Å². The standard InChI is InChI=1S/C27H35N5O4/c1-17(2)13-31(23(33)16-30(4)15-20-10-11-22(36-20)21-12-18(21)3)24-25(28)32(27(35)29-26(24)34)14-19-8-6-5-7-9-19/h5-11,17-18,21H,12-16,28H2,1-4H3,(H,29,34,35). The molecule has 0 radical (unpaired) electrons. The molecule has 1 saturated carbocycles. The Kier molecular flexibility index (Phi) is 7.49. The number of nitrogens with one attached hydrogen (secondary N) is 1. The lowest BCUT2D eigenvalue weighted by Crippen LogP contribution is -2.46. The highest BCUT2D eigenvalue weighted by Gasteiger charge is 2.36. The summed E-state index contributed by atoms with van der Waals surface area (Å²) in [5, 5.41) is 0.